The maximum absolute atomic E-state index is 6.64. The summed E-state index contributed by atoms with van der Waals surface area (Å²) in [4.78, 5) is 2.35. The van der Waals surface area contributed by atoms with Gasteiger partial charge in [0.25, 0.3) is 0 Å². The molecule has 10 rings (SSSR count). The first kappa shape index (κ1) is 32.0. The van der Waals surface area contributed by atoms with Gasteiger partial charge in [0.2, 0.25) is 0 Å². The van der Waals surface area contributed by atoms with E-state index in [0.717, 1.165) is 28.6 Å². The van der Waals surface area contributed by atoms with Crippen molar-refractivity contribution in [1.82, 2.24) is 0 Å². The van der Waals surface area contributed by atoms with Crippen molar-refractivity contribution < 1.29 is 4.74 Å². The number of rotatable bonds is 6. The maximum atomic E-state index is 6.64. The number of para-hydroxylation sites is 1. The molecule has 1 aliphatic carbocycles. The largest absolute Gasteiger partial charge is 0.457 e. The summed E-state index contributed by atoms with van der Waals surface area (Å²) in [5.74, 6) is 1.81. The van der Waals surface area contributed by atoms with Crippen LogP contribution >= 0.6 is 0 Å². The highest BCUT2D eigenvalue weighted by Crippen LogP contribution is 2.56. The second-order valence-electron chi connectivity index (χ2n) is 14.9. The number of benzene rings is 8. The Bertz CT molecular complexity index is 2600. The van der Waals surface area contributed by atoms with E-state index in [1.54, 1.807) is 0 Å². The molecule has 2 heteroatoms. The number of ether oxygens (including phenoxy) is 1. The average molecular weight is 694 g/mol. The minimum absolute atomic E-state index is 0.188. The number of anilines is 3. The van der Waals surface area contributed by atoms with Crippen molar-refractivity contribution >= 4 is 17.1 Å². The topological polar surface area (TPSA) is 12.5 Å². The van der Waals surface area contributed by atoms with Crippen molar-refractivity contribution in [2.75, 3.05) is 4.90 Å². The van der Waals surface area contributed by atoms with Gasteiger partial charge in [0.1, 0.15) is 11.5 Å². The third kappa shape index (κ3) is 4.87. The summed E-state index contributed by atoms with van der Waals surface area (Å²) in [5, 5.41) is 0. The summed E-state index contributed by atoms with van der Waals surface area (Å²) < 4.78 is 6.64. The Morgan fingerprint density at radius 1 is 0.370 bits per heavy atom. The van der Waals surface area contributed by atoms with Crippen LogP contribution in [0.4, 0.5) is 17.1 Å². The predicted molar refractivity (Wildman–Crippen MR) is 223 cm³/mol. The average Bonchev–Trinajstić information content (AvgIpc) is 3.53. The molecule has 1 aliphatic heterocycles. The Balaban J connectivity index is 1.13. The maximum Gasteiger partial charge on any atom is 0.133 e. The van der Waals surface area contributed by atoms with E-state index in [0.29, 0.717) is 0 Å². The van der Waals surface area contributed by atoms with Crippen molar-refractivity contribution in [3.63, 3.8) is 0 Å². The van der Waals surface area contributed by atoms with Crippen LogP contribution in [0.1, 0.15) is 47.2 Å². The minimum atomic E-state index is -0.451. The van der Waals surface area contributed by atoms with Crippen LogP contribution < -0.4 is 9.64 Å². The fourth-order valence-corrected chi connectivity index (χ4v) is 9.04. The van der Waals surface area contributed by atoms with E-state index < -0.39 is 5.41 Å². The fraction of sp³-hybridized carbons (Fsp3) is 0.0769. The zero-order valence-electron chi connectivity index (χ0n) is 30.4. The highest BCUT2D eigenvalue weighted by Gasteiger charge is 2.45. The summed E-state index contributed by atoms with van der Waals surface area (Å²) in [7, 11) is 0. The molecular formula is C52H39NO. The summed E-state index contributed by atoms with van der Waals surface area (Å²) in [6, 6.07) is 72.6. The number of hydrogen-bond donors (Lipinski definition) is 0. The Morgan fingerprint density at radius 2 is 0.833 bits per heavy atom. The molecule has 0 saturated heterocycles. The van der Waals surface area contributed by atoms with Gasteiger partial charge in [-0.05, 0) is 80.9 Å². The molecule has 0 bridgehead atoms. The number of hydrogen-bond acceptors (Lipinski definition) is 2. The molecule has 0 atom stereocenters. The molecule has 0 unspecified atom stereocenters. The van der Waals surface area contributed by atoms with Crippen LogP contribution in [0.15, 0.2) is 200 Å². The molecule has 0 aromatic heterocycles. The van der Waals surface area contributed by atoms with Gasteiger partial charge in [0.15, 0.2) is 0 Å². The molecule has 0 fully saturated rings. The van der Waals surface area contributed by atoms with Crippen LogP contribution in [0.3, 0.4) is 0 Å². The lowest BCUT2D eigenvalue weighted by Crippen LogP contribution is -2.28. The van der Waals surface area contributed by atoms with Crippen LogP contribution in [0.2, 0.25) is 0 Å². The van der Waals surface area contributed by atoms with Crippen molar-refractivity contribution in [3.8, 4) is 33.8 Å². The zero-order chi connectivity index (χ0) is 36.3. The highest BCUT2D eigenvalue weighted by molar-refractivity contribution is 5.87. The first-order chi connectivity index (χ1) is 26.5. The van der Waals surface area contributed by atoms with Crippen LogP contribution in [0.25, 0.3) is 22.3 Å². The van der Waals surface area contributed by atoms with Crippen molar-refractivity contribution in [2.24, 2.45) is 0 Å². The Morgan fingerprint density at radius 3 is 1.48 bits per heavy atom. The third-order valence-corrected chi connectivity index (χ3v) is 11.6. The van der Waals surface area contributed by atoms with Gasteiger partial charge in [-0.2, -0.15) is 0 Å². The Kier molecular flexibility index (Phi) is 7.42. The lowest BCUT2D eigenvalue weighted by atomic mass is 9.68. The first-order valence-corrected chi connectivity index (χ1v) is 18.8. The van der Waals surface area contributed by atoms with Crippen LogP contribution in [0, 0.1) is 0 Å². The van der Waals surface area contributed by atoms with Crippen LogP contribution in [-0.4, -0.2) is 0 Å². The molecule has 0 amide bonds. The molecule has 0 saturated carbocycles. The number of nitrogens with zero attached hydrogens (tertiary/aromatic N) is 1. The molecule has 2 nitrogen and oxygen atoms in total. The van der Waals surface area contributed by atoms with E-state index in [1.807, 2.05) is 0 Å². The Hall–Kier alpha value is -6.64. The zero-order valence-corrected chi connectivity index (χ0v) is 30.4. The van der Waals surface area contributed by atoms with Gasteiger partial charge in [-0.25, -0.2) is 0 Å². The van der Waals surface area contributed by atoms with Gasteiger partial charge in [-0.1, -0.05) is 172 Å². The lowest BCUT2D eigenvalue weighted by molar-refractivity contribution is 0.418. The van der Waals surface area contributed by atoms with E-state index in [4.69, 9.17) is 4.74 Å². The Labute approximate surface area is 317 Å². The molecule has 1 heterocycles. The first-order valence-electron chi connectivity index (χ1n) is 18.8. The summed E-state index contributed by atoms with van der Waals surface area (Å²) in [5.41, 5.74) is 15.0. The second-order valence-corrected chi connectivity index (χ2v) is 14.9. The molecular weight excluding hydrogens is 655 g/mol. The SMILES string of the molecule is CC1(C)c2ccccc2Oc2cc(N(c3ccc(-c4ccccc4)cc3)c3ccc(C4(c5ccccc5)c5ccccc5-c5ccccc54)cc3)ccc21. The number of fused-ring (bicyclic) bond motifs is 5. The summed E-state index contributed by atoms with van der Waals surface area (Å²) >= 11 is 0. The standard InChI is InChI=1S/C52H39NO/c1-51(2)47-23-13-14-24-49(47)54-50-35-42(33-34-48(50)51)53(40-29-25-37(26-30-40)36-15-5-3-6-16-36)41-31-27-39(28-32-41)52(38-17-7-4-8-18-38)45-21-11-9-19-43(45)44-20-10-12-22-46(44)52/h3-35H,1-2H3. The minimum Gasteiger partial charge on any atom is -0.457 e. The van der Waals surface area contributed by atoms with E-state index >= 15 is 0 Å². The lowest BCUT2D eigenvalue weighted by Gasteiger charge is -2.36. The molecule has 2 aliphatic rings. The molecule has 8 aromatic carbocycles. The molecule has 0 N–H and O–H groups in total. The van der Waals surface area contributed by atoms with Gasteiger partial charge in [-0.3, -0.25) is 0 Å². The summed E-state index contributed by atoms with van der Waals surface area (Å²) in [6.45, 7) is 4.57. The van der Waals surface area contributed by atoms with Crippen molar-refractivity contribution in [2.45, 2.75) is 24.7 Å². The third-order valence-electron chi connectivity index (χ3n) is 11.6. The molecule has 54 heavy (non-hydrogen) atoms. The van der Waals surface area contributed by atoms with Crippen molar-refractivity contribution in [3.05, 3.63) is 234 Å². The van der Waals surface area contributed by atoms with E-state index in [2.05, 4.69) is 219 Å². The van der Waals surface area contributed by atoms with E-state index in [1.165, 1.54) is 55.6 Å². The van der Waals surface area contributed by atoms with Gasteiger partial charge in [0, 0.05) is 39.7 Å². The van der Waals surface area contributed by atoms with Gasteiger partial charge >= 0.3 is 0 Å². The van der Waals surface area contributed by atoms with Gasteiger partial charge < -0.3 is 9.64 Å². The molecule has 0 spiro atoms. The van der Waals surface area contributed by atoms with E-state index in [-0.39, 0.29) is 5.41 Å². The molecule has 0 radical (unpaired) electrons. The second kappa shape index (κ2) is 12.5. The normalized spacial score (nSPS) is 14.2. The fourth-order valence-electron chi connectivity index (χ4n) is 9.04. The molecule has 258 valence electrons. The van der Waals surface area contributed by atoms with Crippen LogP contribution in [-0.2, 0) is 10.8 Å². The smallest absolute Gasteiger partial charge is 0.133 e. The van der Waals surface area contributed by atoms with Crippen LogP contribution in [0.5, 0.6) is 11.5 Å². The van der Waals surface area contributed by atoms with Gasteiger partial charge in [0.05, 0.1) is 5.41 Å². The molecule has 8 aromatic rings. The van der Waals surface area contributed by atoms with E-state index in [9.17, 15) is 0 Å². The highest BCUT2D eigenvalue weighted by atomic mass is 16.5. The summed E-state index contributed by atoms with van der Waals surface area (Å²) in [6.07, 6.45) is 0. The monoisotopic (exact) mass is 693 g/mol. The van der Waals surface area contributed by atoms with Crippen molar-refractivity contribution in [1.29, 1.82) is 0 Å². The quantitative estimate of drug-likeness (QED) is 0.172. The predicted octanol–water partition coefficient (Wildman–Crippen LogP) is 13.6. The van der Waals surface area contributed by atoms with Gasteiger partial charge in [-0.15, -0.1) is 0 Å².